The number of aryl methyl sites for hydroxylation is 1. The van der Waals surface area contributed by atoms with Crippen molar-refractivity contribution in [3.63, 3.8) is 0 Å². The number of rotatable bonds is 2. The van der Waals surface area contributed by atoms with E-state index in [-0.39, 0.29) is 11.5 Å². The lowest BCUT2D eigenvalue weighted by Crippen LogP contribution is -2.21. The highest BCUT2D eigenvalue weighted by Crippen LogP contribution is 2.20. The predicted molar refractivity (Wildman–Crippen MR) is 43.0 cm³/mol. The lowest BCUT2D eigenvalue weighted by molar-refractivity contribution is -0.141. The zero-order valence-corrected chi connectivity index (χ0v) is 7.72. The van der Waals surface area contributed by atoms with E-state index in [0.717, 1.165) is 10.8 Å². The molecular formula is C8H9F3N2O. The second-order valence-electron chi connectivity index (χ2n) is 2.95. The van der Waals surface area contributed by atoms with Gasteiger partial charge < -0.3 is 4.57 Å². The number of aromatic nitrogens is 2. The normalized spacial score (nSPS) is 11.8. The summed E-state index contributed by atoms with van der Waals surface area (Å²) < 4.78 is 37.1. The van der Waals surface area contributed by atoms with Gasteiger partial charge in [-0.25, -0.2) is 4.98 Å². The number of hydrogen-bond acceptors (Lipinski definition) is 2. The molecule has 0 saturated heterocycles. The van der Waals surface area contributed by atoms with Gasteiger partial charge in [0.15, 0.2) is 5.78 Å². The van der Waals surface area contributed by atoms with Gasteiger partial charge in [0, 0.05) is 6.92 Å². The first-order valence-electron chi connectivity index (χ1n) is 3.91. The maximum atomic E-state index is 12.1. The van der Waals surface area contributed by atoms with E-state index >= 15 is 0 Å². The molecule has 0 atom stereocenters. The van der Waals surface area contributed by atoms with Gasteiger partial charge in [-0.05, 0) is 6.92 Å². The fraction of sp³-hybridized carbons (Fsp3) is 0.500. The summed E-state index contributed by atoms with van der Waals surface area (Å²) in [4.78, 5) is 14.6. The van der Waals surface area contributed by atoms with Crippen molar-refractivity contribution in [2.45, 2.75) is 26.6 Å². The summed E-state index contributed by atoms with van der Waals surface area (Å²) in [5, 5.41) is 0. The zero-order chi connectivity index (χ0) is 10.9. The Kier molecular flexibility index (Phi) is 2.64. The summed E-state index contributed by atoms with van der Waals surface area (Å²) in [6.45, 7) is 1.47. The second kappa shape index (κ2) is 3.43. The number of Topliss-reactive ketones (excluding diaryl/α,β-unsaturated/α-hetero) is 1. The number of hydrogen-bond donors (Lipinski definition) is 0. The molecule has 0 unspecified atom stereocenters. The highest BCUT2D eigenvalue weighted by Gasteiger charge is 2.30. The van der Waals surface area contributed by atoms with E-state index in [0.29, 0.717) is 0 Å². The van der Waals surface area contributed by atoms with E-state index < -0.39 is 18.5 Å². The summed E-state index contributed by atoms with van der Waals surface area (Å²) in [7, 11) is 0. The maximum absolute atomic E-state index is 12.1. The number of ketones is 1. The van der Waals surface area contributed by atoms with Crippen LogP contribution < -0.4 is 0 Å². The molecule has 78 valence electrons. The van der Waals surface area contributed by atoms with Crippen LogP contribution in [-0.2, 0) is 6.54 Å². The number of carbonyl (C=O) groups is 1. The molecule has 0 N–H and O–H groups in total. The van der Waals surface area contributed by atoms with Gasteiger partial charge in [-0.3, -0.25) is 4.79 Å². The molecule has 0 saturated carbocycles. The van der Waals surface area contributed by atoms with Crippen molar-refractivity contribution in [1.29, 1.82) is 0 Å². The molecule has 3 nitrogen and oxygen atoms in total. The Balaban J connectivity index is 3.06. The predicted octanol–water partition coefficient (Wildman–Crippen LogP) is 1.96. The smallest absolute Gasteiger partial charge is 0.317 e. The van der Waals surface area contributed by atoms with Crippen LogP contribution in [0.15, 0.2) is 6.20 Å². The van der Waals surface area contributed by atoms with Gasteiger partial charge in [-0.15, -0.1) is 0 Å². The number of alkyl halides is 3. The number of carbonyl (C=O) groups excluding carboxylic acids is 1. The molecule has 0 aromatic carbocycles. The van der Waals surface area contributed by atoms with Crippen LogP contribution in [0.3, 0.4) is 0 Å². The van der Waals surface area contributed by atoms with Crippen molar-refractivity contribution in [2.24, 2.45) is 0 Å². The molecule has 0 aliphatic heterocycles. The van der Waals surface area contributed by atoms with Crippen LogP contribution in [0.4, 0.5) is 13.2 Å². The fourth-order valence-electron chi connectivity index (χ4n) is 1.13. The molecule has 1 heterocycles. The summed E-state index contributed by atoms with van der Waals surface area (Å²) in [6, 6.07) is 0. The Morgan fingerprint density at radius 2 is 2.14 bits per heavy atom. The third kappa shape index (κ3) is 2.34. The SMILES string of the molecule is CC(=O)c1cnc(C)n1CC(F)(F)F. The van der Waals surface area contributed by atoms with Gasteiger partial charge in [0.2, 0.25) is 0 Å². The van der Waals surface area contributed by atoms with Crippen LogP contribution in [0.1, 0.15) is 23.2 Å². The third-order valence-electron chi connectivity index (χ3n) is 1.75. The Hall–Kier alpha value is -1.33. The van der Waals surface area contributed by atoms with E-state index in [1.165, 1.54) is 13.8 Å². The molecule has 1 aromatic heterocycles. The van der Waals surface area contributed by atoms with Crippen LogP contribution >= 0.6 is 0 Å². The second-order valence-corrected chi connectivity index (χ2v) is 2.95. The van der Waals surface area contributed by atoms with Gasteiger partial charge >= 0.3 is 6.18 Å². The number of halogens is 3. The number of imidazole rings is 1. The van der Waals surface area contributed by atoms with E-state index in [4.69, 9.17) is 0 Å². The molecule has 0 aliphatic rings. The zero-order valence-electron chi connectivity index (χ0n) is 7.72. The standard InChI is InChI=1S/C8H9F3N2O/c1-5(14)7-3-12-6(2)13(7)4-8(9,10)11/h3H,4H2,1-2H3. The molecule has 6 heteroatoms. The molecular weight excluding hydrogens is 197 g/mol. The lowest BCUT2D eigenvalue weighted by Gasteiger charge is -2.10. The minimum Gasteiger partial charge on any atom is -0.317 e. The van der Waals surface area contributed by atoms with Gasteiger partial charge in [0.1, 0.15) is 18.1 Å². The molecule has 1 aromatic rings. The van der Waals surface area contributed by atoms with Crippen molar-refractivity contribution in [1.82, 2.24) is 9.55 Å². The van der Waals surface area contributed by atoms with E-state index in [1.807, 2.05) is 0 Å². The summed E-state index contributed by atoms with van der Waals surface area (Å²) in [6.07, 6.45) is -3.18. The Morgan fingerprint density at radius 1 is 1.57 bits per heavy atom. The molecule has 14 heavy (non-hydrogen) atoms. The van der Waals surface area contributed by atoms with Crippen LogP contribution in [0, 0.1) is 6.92 Å². The van der Waals surface area contributed by atoms with Crippen molar-refractivity contribution in [2.75, 3.05) is 0 Å². The first-order valence-corrected chi connectivity index (χ1v) is 3.91. The molecule has 0 aliphatic carbocycles. The highest BCUT2D eigenvalue weighted by atomic mass is 19.4. The number of nitrogens with zero attached hydrogens (tertiary/aromatic N) is 2. The fourth-order valence-corrected chi connectivity index (χ4v) is 1.13. The summed E-state index contributed by atoms with van der Waals surface area (Å²) in [5.41, 5.74) is -0.0141. The first-order chi connectivity index (χ1) is 6.31. The maximum Gasteiger partial charge on any atom is 0.406 e. The van der Waals surface area contributed by atoms with Gasteiger partial charge in [0.25, 0.3) is 0 Å². The quantitative estimate of drug-likeness (QED) is 0.693. The minimum atomic E-state index is -4.34. The van der Waals surface area contributed by atoms with Gasteiger partial charge in [-0.2, -0.15) is 13.2 Å². The van der Waals surface area contributed by atoms with Crippen molar-refractivity contribution < 1.29 is 18.0 Å². The largest absolute Gasteiger partial charge is 0.406 e. The average molecular weight is 206 g/mol. The first kappa shape index (κ1) is 10.7. The summed E-state index contributed by atoms with van der Waals surface area (Å²) >= 11 is 0. The summed E-state index contributed by atoms with van der Waals surface area (Å²) in [5.74, 6) is -0.234. The molecule has 0 radical (unpaired) electrons. The lowest BCUT2D eigenvalue weighted by atomic mass is 10.3. The Morgan fingerprint density at radius 3 is 2.57 bits per heavy atom. The molecule has 1 rings (SSSR count). The monoisotopic (exact) mass is 206 g/mol. The van der Waals surface area contributed by atoms with Crippen LogP contribution in [-0.4, -0.2) is 21.5 Å². The molecule has 0 bridgehead atoms. The highest BCUT2D eigenvalue weighted by molar-refractivity contribution is 5.92. The average Bonchev–Trinajstić information content (AvgIpc) is 2.29. The van der Waals surface area contributed by atoms with E-state index in [9.17, 15) is 18.0 Å². The topological polar surface area (TPSA) is 34.9 Å². The third-order valence-corrected chi connectivity index (χ3v) is 1.75. The van der Waals surface area contributed by atoms with Crippen LogP contribution in [0.2, 0.25) is 0 Å². The van der Waals surface area contributed by atoms with E-state index in [2.05, 4.69) is 4.98 Å². The molecule has 0 fully saturated rings. The minimum absolute atomic E-state index is 0.0141. The van der Waals surface area contributed by atoms with Gasteiger partial charge in [-0.1, -0.05) is 0 Å². The van der Waals surface area contributed by atoms with Crippen molar-refractivity contribution in [3.8, 4) is 0 Å². The van der Waals surface area contributed by atoms with Gasteiger partial charge in [0.05, 0.1) is 6.20 Å². The van der Waals surface area contributed by atoms with E-state index in [1.54, 1.807) is 0 Å². The van der Waals surface area contributed by atoms with Crippen LogP contribution in [0.5, 0.6) is 0 Å². The molecule has 0 amide bonds. The van der Waals surface area contributed by atoms with Crippen LogP contribution in [0.25, 0.3) is 0 Å². The van der Waals surface area contributed by atoms with Crippen molar-refractivity contribution >= 4 is 5.78 Å². The molecule has 0 spiro atoms. The Bertz CT molecular complexity index is 354. The van der Waals surface area contributed by atoms with Crippen molar-refractivity contribution in [3.05, 3.63) is 17.7 Å². The Labute approximate surface area is 78.6 Å².